The maximum atomic E-state index is 12.4. The number of amides is 1. The third kappa shape index (κ3) is 5.75. The summed E-state index contributed by atoms with van der Waals surface area (Å²) in [6.45, 7) is 2.21. The van der Waals surface area contributed by atoms with Crippen molar-refractivity contribution in [3.63, 3.8) is 0 Å². The zero-order valence-corrected chi connectivity index (χ0v) is 16.9. The van der Waals surface area contributed by atoms with Gasteiger partial charge in [0.15, 0.2) is 11.2 Å². The molecule has 1 aromatic carbocycles. The van der Waals surface area contributed by atoms with Crippen molar-refractivity contribution in [1.82, 2.24) is 25.3 Å². The highest BCUT2D eigenvalue weighted by atomic mass is 16.4. The van der Waals surface area contributed by atoms with Gasteiger partial charge in [0.25, 0.3) is 11.5 Å². The van der Waals surface area contributed by atoms with E-state index in [2.05, 4.69) is 30.6 Å². The molecule has 0 saturated carbocycles. The summed E-state index contributed by atoms with van der Waals surface area (Å²) in [5, 5.41) is 14.8. The molecule has 0 saturated heterocycles. The lowest BCUT2D eigenvalue weighted by atomic mass is 10.1. The van der Waals surface area contributed by atoms with Crippen molar-refractivity contribution in [2.45, 2.75) is 38.8 Å². The van der Waals surface area contributed by atoms with Crippen LogP contribution >= 0.6 is 0 Å². The summed E-state index contributed by atoms with van der Waals surface area (Å²) in [6.07, 6.45) is 2.55. The van der Waals surface area contributed by atoms with Gasteiger partial charge in [0.2, 0.25) is 5.95 Å². The molecule has 0 aliphatic rings. The van der Waals surface area contributed by atoms with Crippen LogP contribution in [0.3, 0.4) is 0 Å². The Morgan fingerprint density at radius 1 is 1.23 bits per heavy atom. The van der Waals surface area contributed by atoms with E-state index in [1.54, 1.807) is 24.3 Å². The van der Waals surface area contributed by atoms with Crippen LogP contribution in [0, 0.1) is 0 Å². The number of carboxylic acid groups (broad SMARTS) is 1. The second-order valence-corrected chi connectivity index (χ2v) is 6.93. The summed E-state index contributed by atoms with van der Waals surface area (Å²) in [7, 11) is 0. The monoisotopic (exact) mass is 425 g/mol. The van der Waals surface area contributed by atoms with Gasteiger partial charge in [-0.2, -0.15) is 4.98 Å². The van der Waals surface area contributed by atoms with Crippen LogP contribution in [0.1, 0.15) is 42.2 Å². The largest absolute Gasteiger partial charge is 0.481 e. The minimum Gasteiger partial charge on any atom is -0.481 e. The lowest BCUT2D eigenvalue weighted by Gasteiger charge is -2.16. The van der Waals surface area contributed by atoms with Crippen LogP contribution in [0.2, 0.25) is 0 Å². The Morgan fingerprint density at radius 2 is 1.97 bits per heavy atom. The first-order valence-corrected chi connectivity index (χ1v) is 9.73. The van der Waals surface area contributed by atoms with Crippen LogP contribution in [0.5, 0.6) is 0 Å². The molecule has 11 heteroatoms. The van der Waals surface area contributed by atoms with Crippen molar-refractivity contribution in [2.24, 2.45) is 0 Å². The average Bonchev–Trinajstić information content (AvgIpc) is 2.75. The van der Waals surface area contributed by atoms with Gasteiger partial charge < -0.3 is 21.5 Å². The van der Waals surface area contributed by atoms with E-state index in [9.17, 15) is 14.4 Å². The molecule has 11 nitrogen and oxygen atoms in total. The third-order valence-electron chi connectivity index (χ3n) is 4.64. The predicted molar refractivity (Wildman–Crippen MR) is 115 cm³/mol. The van der Waals surface area contributed by atoms with Crippen molar-refractivity contribution in [3.8, 4) is 0 Å². The molecular weight excluding hydrogens is 402 g/mol. The fraction of sp³-hybridized carbons (Fsp3) is 0.300. The van der Waals surface area contributed by atoms with Crippen molar-refractivity contribution >= 4 is 34.7 Å². The minimum atomic E-state index is -0.885. The Morgan fingerprint density at radius 3 is 2.65 bits per heavy atom. The second kappa shape index (κ2) is 9.65. The third-order valence-corrected chi connectivity index (χ3v) is 4.64. The Balaban J connectivity index is 1.60. The topological polar surface area (TPSA) is 176 Å². The van der Waals surface area contributed by atoms with E-state index in [1.165, 1.54) is 6.20 Å². The van der Waals surface area contributed by atoms with Crippen LogP contribution in [-0.2, 0) is 11.3 Å². The van der Waals surface area contributed by atoms with Gasteiger partial charge in [-0.3, -0.25) is 19.4 Å². The van der Waals surface area contributed by atoms with Gasteiger partial charge in [-0.15, -0.1) is 0 Å². The molecule has 0 unspecified atom stereocenters. The number of carbonyl (C=O) groups is 2. The van der Waals surface area contributed by atoms with Crippen molar-refractivity contribution in [1.29, 1.82) is 0 Å². The molecular formula is C20H23N7O4. The second-order valence-electron chi connectivity index (χ2n) is 6.93. The molecule has 0 aliphatic heterocycles. The number of nitrogens with one attached hydrogen (secondary N) is 3. The van der Waals surface area contributed by atoms with Gasteiger partial charge >= 0.3 is 5.97 Å². The molecule has 3 aromatic rings. The summed E-state index contributed by atoms with van der Waals surface area (Å²) in [5.74, 6) is -1.16. The fourth-order valence-corrected chi connectivity index (χ4v) is 2.93. The van der Waals surface area contributed by atoms with Gasteiger partial charge in [0.05, 0.1) is 18.4 Å². The summed E-state index contributed by atoms with van der Waals surface area (Å²) < 4.78 is 0. The number of carbonyl (C=O) groups excluding carboxylic acids is 1. The molecule has 1 amide bonds. The summed E-state index contributed by atoms with van der Waals surface area (Å²) in [5.41, 5.74) is 7.08. The number of rotatable bonds is 9. The SMILES string of the molecule is CC[C@H](CCC(=O)O)NC(=O)c1ccc(NCc2cnc3nc(N)[nH]c(=O)c3n2)cc1. The summed E-state index contributed by atoms with van der Waals surface area (Å²) in [4.78, 5) is 49.7. The first-order valence-electron chi connectivity index (χ1n) is 9.73. The normalized spacial score (nSPS) is 11.8. The number of nitrogen functional groups attached to an aromatic ring is 1. The number of aromatic nitrogens is 4. The Labute approximate surface area is 177 Å². The Bertz CT molecular complexity index is 1140. The molecule has 0 radical (unpaired) electrons. The quantitative estimate of drug-likeness (QED) is 0.338. The number of nitrogens with two attached hydrogens (primary N) is 1. The minimum absolute atomic E-state index is 0.00856. The molecule has 0 aliphatic carbocycles. The lowest BCUT2D eigenvalue weighted by Crippen LogP contribution is -2.34. The molecule has 6 N–H and O–H groups in total. The highest BCUT2D eigenvalue weighted by molar-refractivity contribution is 5.94. The van der Waals surface area contributed by atoms with Crippen LogP contribution in [0.15, 0.2) is 35.3 Å². The summed E-state index contributed by atoms with van der Waals surface area (Å²) in [6, 6.07) is 6.64. The standard InChI is InChI=1S/C20H23N7O4/c1-2-12(7-8-15(28)29)25-18(30)11-3-5-13(6-4-11)22-9-14-10-23-17-16(24-14)19(31)27-20(21)26-17/h3-6,10,12,22H,2,7-9H2,1H3,(H,25,30)(H,28,29)(H3,21,23,26,27,31)/t12-/m1/s1. The van der Waals surface area contributed by atoms with Gasteiger partial charge in [0, 0.05) is 23.7 Å². The lowest BCUT2D eigenvalue weighted by molar-refractivity contribution is -0.137. The zero-order chi connectivity index (χ0) is 22.4. The van der Waals surface area contributed by atoms with Crippen LogP contribution in [0.25, 0.3) is 11.2 Å². The highest BCUT2D eigenvalue weighted by Gasteiger charge is 2.13. The number of H-pyrrole nitrogens is 1. The van der Waals surface area contributed by atoms with E-state index in [-0.39, 0.29) is 35.5 Å². The van der Waals surface area contributed by atoms with Gasteiger partial charge in [-0.05, 0) is 37.1 Å². The number of carboxylic acids is 1. The molecule has 2 heterocycles. The van der Waals surface area contributed by atoms with E-state index in [0.29, 0.717) is 30.6 Å². The fourth-order valence-electron chi connectivity index (χ4n) is 2.93. The summed E-state index contributed by atoms with van der Waals surface area (Å²) >= 11 is 0. The molecule has 0 bridgehead atoms. The zero-order valence-electron chi connectivity index (χ0n) is 16.9. The number of hydrogen-bond acceptors (Lipinski definition) is 8. The van der Waals surface area contributed by atoms with Crippen LogP contribution < -0.4 is 21.9 Å². The average molecular weight is 425 g/mol. The van der Waals surface area contributed by atoms with Crippen molar-refractivity contribution in [3.05, 3.63) is 52.1 Å². The first kappa shape index (κ1) is 21.7. The number of hydrogen-bond donors (Lipinski definition) is 5. The molecule has 31 heavy (non-hydrogen) atoms. The molecule has 3 rings (SSSR count). The number of aromatic amines is 1. The van der Waals surface area contributed by atoms with E-state index in [4.69, 9.17) is 10.8 Å². The predicted octanol–water partition coefficient (Wildman–Crippen LogP) is 1.28. The molecule has 162 valence electrons. The van der Waals surface area contributed by atoms with Gasteiger partial charge in [-0.25, -0.2) is 9.97 Å². The van der Waals surface area contributed by atoms with E-state index < -0.39 is 11.5 Å². The van der Waals surface area contributed by atoms with Crippen molar-refractivity contribution in [2.75, 3.05) is 11.1 Å². The molecule has 0 spiro atoms. The number of anilines is 2. The van der Waals surface area contributed by atoms with E-state index in [1.807, 2.05) is 6.92 Å². The number of nitrogens with zero attached hydrogens (tertiary/aromatic N) is 3. The molecule has 0 fully saturated rings. The van der Waals surface area contributed by atoms with E-state index >= 15 is 0 Å². The van der Waals surface area contributed by atoms with Crippen LogP contribution in [0.4, 0.5) is 11.6 Å². The number of aliphatic carboxylic acids is 1. The highest BCUT2D eigenvalue weighted by Crippen LogP contribution is 2.12. The Hall–Kier alpha value is -4.02. The number of fused-ring (bicyclic) bond motifs is 1. The maximum Gasteiger partial charge on any atom is 0.303 e. The van der Waals surface area contributed by atoms with E-state index in [0.717, 1.165) is 5.69 Å². The Kier molecular flexibility index (Phi) is 6.75. The first-order chi connectivity index (χ1) is 14.9. The molecule has 2 aromatic heterocycles. The smallest absolute Gasteiger partial charge is 0.303 e. The van der Waals surface area contributed by atoms with Gasteiger partial charge in [0.1, 0.15) is 0 Å². The van der Waals surface area contributed by atoms with Gasteiger partial charge in [-0.1, -0.05) is 6.92 Å². The molecule has 1 atom stereocenters. The van der Waals surface area contributed by atoms with Crippen molar-refractivity contribution < 1.29 is 14.7 Å². The van der Waals surface area contributed by atoms with Crippen LogP contribution in [-0.4, -0.2) is 43.0 Å². The number of benzene rings is 1. The maximum absolute atomic E-state index is 12.4.